The van der Waals surface area contributed by atoms with Gasteiger partial charge in [-0.2, -0.15) is 0 Å². The number of carbonyl (C=O) groups excluding carboxylic acids is 1. The fourth-order valence-corrected chi connectivity index (χ4v) is 8.60. The van der Waals surface area contributed by atoms with Gasteiger partial charge in [-0.15, -0.1) is 0 Å². The summed E-state index contributed by atoms with van der Waals surface area (Å²) in [7, 11) is 0. The van der Waals surface area contributed by atoms with Crippen molar-refractivity contribution in [3.05, 3.63) is 78.5 Å². The molecule has 58 heavy (non-hydrogen) atoms. The number of carboxylic acid groups (broad SMARTS) is 1. The van der Waals surface area contributed by atoms with Crippen LogP contribution in [0, 0.1) is 0 Å². The molecule has 0 radical (unpaired) electrons. The van der Waals surface area contributed by atoms with Crippen molar-refractivity contribution < 1.29 is 24.2 Å². The van der Waals surface area contributed by atoms with Crippen molar-refractivity contribution in [2.24, 2.45) is 0 Å². The van der Waals surface area contributed by atoms with Gasteiger partial charge in [-0.1, -0.05) is 0 Å². The van der Waals surface area contributed by atoms with Crippen LogP contribution in [0.15, 0.2) is 61.4 Å². The number of carboxylic acids is 1. The highest BCUT2D eigenvalue weighted by Crippen LogP contribution is 2.41. The van der Waals surface area contributed by atoms with Gasteiger partial charge in [-0.05, 0) is 77.6 Å². The highest BCUT2D eigenvalue weighted by molar-refractivity contribution is 6.04. The number of aromatic nitrogens is 6. The number of ether oxygens (including phenoxy) is 2. The summed E-state index contributed by atoms with van der Waals surface area (Å²) in [5, 5.41) is 21.7. The maximum atomic E-state index is 13.2. The topological polar surface area (TPSA) is 208 Å². The number of hydrogen-bond donors (Lipinski definition) is 5. The van der Waals surface area contributed by atoms with Crippen LogP contribution < -0.4 is 36.0 Å². The molecular formula is C40H51N13O5. The first kappa shape index (κ1) is 39.3. The zero-order chi connectivity index (χ0) is 40.3. The summed E-state index contributed by atoms with van der Waals surface area (Å²) in [4.78, 5) is 54.9. The highest BCUT2D eigenvalue weighted by Gasteiger charge is 2.41. The Labute approximate surface area is 337 Å². The minimum atomic E-state index is -1.05. The third-order valence-corrected chi connectivity index (χ3v) is 11.1. The number of nitrogens with zero attached hydrogens (tertiary/aromatic N) is 9. The summed E-state index contributed by atoms with van der Waals surface area (Å²) in [5.41, 5.74) is 4.30. The Hall–Kier alpha value is -5.56. The number of carbonyl (C=O) groups is 2. The molecule has 2 amide bonds. The van der Waals surface area contributed by atoms with Gasteiger partial charge in [-0.3, -0.25) is 30.8 Å². The normalized spacial score (nSPS) is 27.8. The molecule has 0 spiro atoms. The molecule has 4 saturated heterocycles. The van der Waals surface area contributed by atoms with Gasteiger partial charge in [0.2, 0.25) is 0 Å². The van der Waals surface area contributed by atoms with Crippen LogP contribution >= 0.6 is 0 Å². The number of amides is 2. The van der Waals surface area contributed by atoms with Crippen molar-refractivity contribution in [2.45, 2.75) is 102 Å². The number of nitrogens with one attached hydrogen (secondary N) is 4. The van der Waals surface area contributed by atoms with Gasteiger partial charge in [0.1, 0.15) is 18.3 Å². The van der Waals surface area contributed by atoms with E-state index in [4.69, 9.17) is 24.5 Å². The van der Waals surface area contributed by atoms with Gasteiger partial charge in [0.25, 0.3) is 0 Å². The largest absolute Gasteiger partial charge is 0.476 e. The number of anilines is 5. The quantitative estimate of drug-likeness (QED) is 0.195. The van der Waals surface area contributed by atoms with Crippen molar-refractivity contribution in [3.8, 4) is 0 Å². The smallest absolute Gasteiger partial charge is 0.356 e. The van der Waals surface area contributed by atoms with E-state index in [-0.39, 0.29) is 54.5 Å². The Morgan fingerprint density at radius 2 is 1.41 bits per heavy atom. The first-order chi connectivity index (χ1) is 28.1. The number of pyridine rings is 2. The summed E-state index contributed by atoms with van der Waals surface area (Å²) < 4.78 is 11.5. The molecular weight excluding hydrogens is 743 g/mol. The van der Waals surface area contributed by atoms with E-state index in [0.717, 1.165) is 68.3 Å². The molecule has 10 rings (SSSR count). The van der Waals surface area contributed by atoms with Gasteiger partial charge in [-0.25, -0.2) is 29.5 Å². The number of rotatable bonds is 4. The van der Waals surface area contributed by atoms with Gasteiger partial charge in [0.05, 0.1) is 65.5 Å². The lowest BCUT2D eigenvalue weighted by molar-refractivity contribution is -0.0603. The Morgan fingerprint density at radius 1 is 0.776 bits per heavy atom. The summed E-state index contributed by atoms with van der Waals surface area (Å²) in [5.74, 6) is 1.16. The molecule has 0 aromatic carbocycles. The van der Waals surface area contributed by atoms with Gasteiger partial charge in [0.15, 0.2) is 17.3 Å². The van der Waals surface area contributed by atoms with Crippen LogP contribution in [-0.4, -0.2) is 110 Å². The number of fused-ring (bicyclic) bond motifs is 8. The second-order valence-electron chi connectivity index (χ2n) is 15.5. The van der Waals surface area contributed by atoms with Crippen LogP contribution in [0.1, 0.15) is 87.3 Å². The average Bonchev–Trinajstić information content (AvgIpc) is 3.82. The Balaban J connectivity index is 0.000000139. The third kappa shape index (κ3) is 8.79. The lowest BCUT2D eigenvalue weighted by Crippen LogP contribution is -2.49. The second kappa shape index (κ2) is 17.1. The maximum Gasteiger partial charge on any atom is 0.356 e. The van der Waals surface area contributed by atoms with E-state index >= 15 is 0 Å². The lowest BCUT2D eigenvalue weighted by Gasteiger charge is -2.37. The van der Waals surface area contributed by atoms with Crippen LogP contribution in [0.3, 0.4) is 0 Å². The van der Waals surface area contributed by atoms with E-state index in [0.29, 0.717) is 17.7 Å². The first-order valence-electron chi connectivity index (χ1n) is 20.0. The first-order valence-corrected chi connectivity index (χ1v) is 20.0. The minimum Gasteiger partial charge on any atom is -0.476 e. The van der Waals surface area contributed by atoms with E-state index in [1.54, 1.807) is 23.5 Å². The van der Waals surface area contributed by atoms with E-state index in [9.17, 15) is 9.59 Å². The van der Waals surface area contributed by atoms with Gasteiger partial charge < -0.3 is 29.7 Å². The fourth-order valence-electron chi connectivity index (χ4n) is 8.60. The average molecular weight is 794 g/mol. The van der Waals surface area contributed by atoms with Crippen molar-refractivity contribution >= 4 is 40.8 Å². The summed E-state index contributed by atoms with van der Waals surface area (Å²) in [6.07, 6.45) is 13.1. The van der Waals surface area contributed by atoms with Crippen LogP contribution in [-0.2, 0) is 9.47 Å². The van der Waals surface area contributed by atoms with Crippen LogP contribution in [0.25, 0.3) is 0 Å². The number of hydrogen-bond acceptors (Lipinski definition) is 15. The Kier molecular flexibility index (Phi) is 11.6. The number of urea groups is 1. The summed E-state index contributed by atoms with van der Waals surface area (Å²) in [6, 6.07) is 9.39. The van der Waals surface area contributed by atoms with Crippen LogP contribution in [0.4, 0.5) is 33.6 Å². The standard InChI is InChI=1S/C20H25N7O2.C15H22N4O.C5H4N2O2/c1-12-9-16(23-13(2)29-12)15-3-4-17-19(24-15)27(14-5-8-26(17)11-14)20(28)25-18-10-21-6-7-22-18;1-9-7-13(16-10(2)20-9)12-3-4-14-15(18-12)17-11-5-6-19(14)8-11;8-5(9)4-3-6-1-2-7-4/h3-4,6-7,10,12-14,16,23H,5,8-9,11H2,1-2H3,(H,22,25,28);3-4,9-11,13,16H,5-8H2,1-2H3,(H,17,18);1-3H,(H,8,9)/t12-,13-,14+,16?;9-,10-,11+,13?;/m11./s1. The predicted molar refractivity (Wildman–Crippen MR) is 217 cm³/mol. The zero-order valence-corrected chi connectivity index (χ0v) is 33.2. The molecule has 8 atom stereocenters. The highest BCUT2D eigenvalue weighted by atomic mass is 16.5. The van der Waals surface area contributed by atoms with E-state index in [2.05, 4.69) is 96.0 Å². The molecule has 6 aliphatic rings. The molecule has 18 nitrogen and oxygen atoms in total. The van der Waals surface area contributed by atoms with E-state index in [1.807, 2.05) is 6.92 Å². The Bertz CT molecular complexity index is 2050. The van der Waals surface area contributed by atoms with Crippen molar-refractivity contribution in [1.82, 2.24) is 40.5 Å². The van der Waals surface area contributed by atoms with E-state index < -0.39 is 5.97 Å². The van der Waals surface area contributed by atoms with Gasteiger partial charge in [0, 0.05) is 57.0 Å². The predicted octanol–water partition coefficient (Wildman–Crippen LogP) is 4.33. The molecule has 18 heteroatoms. The minimum absolute atomic E-state index is 0.0300. The monoisotopic (exact) mass is 793 g/mol. The molecule has 0 aliphatic carbocycles. The molecule has 10 heterocycles. The molecule has 4 aromatic heterocycles. The van der Waals surface area contributed by atoms with Crippen molar-refractivity contribution in [2.75, 3.05) is 51.5 Å². The van der Waals surface area contributed by atoms with Crippen molar-refractivity contribution in [3.63, 3.8) is 0 Å². The summed E-state index contributed by atoms with van der Waals surface area (Å²) >= 11 is 0. The molecule has 2 unspecified atom stereocenters. The van der Waals surface area contributed by atoms with Gasteiger partial charge >= 0.3 is 12.0 Å². The third-order valence-electron chi connectivity index (χ3n) is 11.1. The molecule has 4 bridgehead atoms. The second-order valence-corrected chi connectivity index (χ2v) is 15.5. The SMILES string of the molecule is C[C@@H]1CC(c2ccc3c(n2)N(C(=O)Nc2cnccn2)[C@H]2CCN3C2)N[C@@H](C)O1.C[C@@H]1CC(c2ccc3c(n2)N[C@H]2CCN3C2)N[C@@H](C)O1.O=C(O)c1cnccn1. The molecule has 5 N–H and O–H groups in total. The fraction of sp³-hybridized carbons (Fsp3) is 0.500. The number of aromatic carboxylic acids is 1. The molecule has 0 saturated carbocycles. The maximum absolute atomic E-state index is 13.2. The molecule has 6 aliphatic heterocycles. The molecule has 4 fully saturated rings. The van der Waals surface area contributed by atoms with Crippen molar-refractivity contribution in [1.29, 1.82) is 0 Å². The molecule has 306 valence electrons. The lowest BCUT2D eigenvalue weighted by atomic mass is 10.0. The van der Waals surface area contributed by atoms with Crippen LogP contribution in [0.2, 0.25) is 0 Å². The summed E-state index contributed by atoms with van der Waals surface area (Å²) in [6.45, 7) is 12.3. The van der Waals surface area contributed by atoms with Crippen LogP contribution in [0.5, 0.6) is 0 Å². The zero-order valence-electron chi connectivity index (χ0n) is 33.2. The van der Waals surface area contributed by atoms with E-state index in [1.165, 1.54) is 30.7 Å². The molecule has 4 aromatic rings. The Morgan fingerprint density at radius 3 is 2.03 bits per heavy atom.